The van der Waals surface area contributed by atoms with Crippen molar-refractivity contribution in [3.63, 3.8) is 0 Å². The fraction of sp³-hybridized carbons (Fsp3) is 0.364. The zero-order valence-electron chi connectivity index (χ0n) is 18.8. The van der Waals surface area contributed by atoms with E-state index in [-0.39, 0.29) is 12.5 Å². The Hall–Kier alpha value is -2.59. The Kier molecular flexibility index (Phi) is 8.68. The smallest absolute Gasteiger partial charge is 0.244 e. The van der Waals surface area contributed by atoms with Crippen LogP contribution < -0.4 is 14.4 Å². The number of hydrogen-bond donors (Lipinski definition) is 1. The zero-order valence-corrected chi connectivity index (χ0v) is 21.2. The van der Waals surface area contributed by atoms with Gasteiger partial charge in [-0.05, 0) is 55.3 Å². The second-order valence-corrected chi connectivity index (χ2v) is 10.1. The predicted octanol–water partition coefficient (Wildman–Crippen LogP) is 2.70. The molecule has 0 aliphatic carbocycles. The number of rotatable bonds is 9. The van der Waals surface area contributed by atoms with Gasteiger partial charge in [0, 0.05) is 18.1 Å². The summed E-state index contributed by atoms with van der Waals surface area (Å²) in [5.41, 5.74) is 1.98. The lowest BCUT2D eigenvalue weighted by molar-refractivity contribution is -0.139. The minimum atomic E-state index is -3.76. The molecule has 8 nitrogen and oxygen atoms in total. The van der Waals surface area contributed by atoms with Gasteiger partial charge in [0.15, 0.2) is 0 Å². The molecule has 0 heterocycles. The van der Waals surface area contributed by atoms with Crippen LogP contribution in [0, 0.1) is 6.92 Å². The van der Waals surface area contributed by atoms with Gasteiger partial charge >= 0.3 is 0 Å². The van der Waals surface area contributed by atoms with Crippen molar-refractivity contribution in [2.24, 2.45) is 0 Å². The lowest BCUT2D eigenvalue weighted by Crippen LogP contribution is -2.50. The van der Waals surface area contributed by atoms with Gasteiger partial charge in [-0.25, -0.2) is 8.42 Å². The maximum absolute atomic E-state index is 13.3. The number of hydrogen-bond acceptors (Lipinski definition) is 5. The highest BCUT2D eigenvalue weighted by Gasteiger charge is 2.29. The van der Waals surface area contributed by atoms with E-state index in [9.17, 15) is 18.0 Å². The number of sulfonamides is 1. The molecule has 2 amide bonds. The molecule has 0 spiro atoms. The van der Waals surface area contributed by atoms with E-state index < -0.39 is 28.5 Å². The molecule has 1 N–H and O–H groups in total. The molecule has 0 aliphatic rings. The fourth-order valence-corrected chi connectivity index (χ4v) is 4.20. The number of carbonyl (C=O) groups is 2. The molecule has 0 radical (unpaired) electrons. The van der Waals surface area contributed by atoms with E-state index in [2.05, 4.69) is 21.2 Å². The van der Waals surface area contributed by atoms with E-state index in [0.717, 1.165) is 26.2 Å². The van der Waals surface area contributed by atoms with E-state index in [0.29, 0.717) is 11.4 Å². The summed E-state index contributed by atoms with van der Waals surface area (Å²) in [5.74, 6) is -0.181. The van der Waals surface area contributed by atoms with E-state index in [1.807, 2.05) is 6.92 Å². The molecule has 0 saturated carbocycles. The predicted molar refractivity (Wildman–Crippen MR) is 128 cm³/mol. The normalized spacial score (nSPS) is 12.1. The average Bonchev–Trinajstić information content (AvgIpc) is 2.76. The summed E-state index contributed by atoms with van der Waals surface area (Å²) in [6.07, 6.45) is 1.05. The Bertz CT molecular complexity index is 1070. The standard InChI is InChI=1S/C22H28BrN3O5S/c1-15-12-18(8-11-20(15)23)26(32(5,29)30)14-21(27)25(16(2)22(28)24-3)13-17-6-9-19(31-4)10-7-17/h6-12,16H,13-14H2,1-5H3,(H,24,28). The third-order valence-electron chi connectivity index (χ3n) is 5.03. The quantitative estimate of drug-likeness (QED) is 0.542. The van der Waals surface area contributed by atoms with E-state index in [4.69, 9.17) is 4.74 Å². The number of methoxy groups -OCH3 is 1. The average molecular weight is 526 g/mol. The summed E-state index contributed by atoms with van der Waals surface area (Å²) in [6, 6.07) is 11.4. The Morgan fingerprint density at radius 3 is 2.28 bits per heavy atom. The second kappa shape index (κ2) is 10.8. The highest BCUT2D eigenvalue weighted by Crippen LogP contribution is 2.25. The molecule has 1 atom stereocenters. The molecule has 1 unspecified atom stereocenters. The van der Waals surface area contributed by atoms with Gasteiger partial charge in [-0.1, -0.05) is 28.1 Å². The van der Waals surface area contributed by atoms with Crippen LogP contribution in [0.3, 0.4) is 0 Å². The Balaban J connectivity index is 2.38. The van der Waals surface area contributed by atoms with Crippen molar-refractivity contribution in [1.82, 2.24) is 10.2 Å². The van der Waals surface area contributed by atoms with Crippen molar-refractivity contribution in [3.05, 3.63) is 58.1 Å². The first-order chi connectivity index (χ1) is 15.0. The van der Waals surface area contributed by atoms with Gasteiger partial charge in [-0.2, -0.15) is 0 Å². The van der Waals surface area contributed by atoms with Gasteiger partial charge in [0.2, 0.25) is 21.8 Å². The van der Waals surface area contributed by atoms with Crippen molar-refractivity contribution >= 4 is 43.5 Å². The molecular weight excluding hydrogens is 498 g/mol. The molecule has 174 valence electrons. The molecule has 0 saturated heterocycles. The summed E-state index contributed by atoms with van der Waals surface area (Å²) in [5, 5.41) is 2.54. The minimum absolute atomic E-state index is 0.133. The number of carbonyl (C=O) groups excluding carboxylic acids is 2. The van der Waals surface area contributed by atoms with Crippen molar-refractivity contribution in [3.8, 4) is 5.75 Å². The first kappa shape index (κ1) is 25.7. The maximum Gasteiger partial charge on any atom is 0.244 e. The lowest BCUT2D eigenvalue weighted by atomic mass is 10.1. The van der Waals surface area contributed by atoms with Crippen LogP contribution in [0.25, 0.3) is 0 Å². The summed E-state index contributed by atoms with van der Waals surface area (Å²) < 4.78 is 32.1. The van der Waals surface area contributed by atoms with Gasteiger partial charge in [-0.3, -0.25) is 13.9 Å². The Labute approximate surface area is 197 Å². The molecule has 32 heavy (non-hydrogen) atoms. The Morgan fingerprint density at radius 2 is 1.78 bits per heavy atom. The number of amides is 2. The van der Waals surface area contributed by atoms with Crippen LogP contribution in [0.15, 0.2) is 46.9 Å². The summed E-state index contributed by atoms with van der Waals surface area (Å²) >= 11 is 3.40. The first-order valence-corrected chi connectivity index (χ1v) is 12.5. The van der Waals surface area contributed by atoms with Crippen LogP contribution in [-0.4, -0.2) is 58.1 Å². The molecule has 0 bridgehead atoms. The molecular formula is C22H28BrN3O5S. The second-order valence-electron chi connectivity index (χ2n) is 7.36. The fourth-order valence-electron chi connectivity index (χ4n) is 3.12. The van der Waals surface area contributed by atoms with Crippen LogP contribution in [0.4, 0.5) is 5.69 Å². The number of nitrogens with one attached hydrogen (secondary N) is 1. The highest BCUT2D eigenvalue weighted by molar-refractivity contribution is 9.10. The molecule has 0 fully saturated rings. The molecule has 2 aromatic carbocycles. The van der Waals surface area contributed by atoms with Gasteiger partial charge in [0.05, 0.1) is 19.1 Å². The van der Waals surface area contributed by atoms with Crippen LogP contribution in [0.1, 0.15) is 18.1 Å². The number of likely N-dealkylation sites (N-methyl/N-ethyl adjacent to an activating group) is 1. The number of ether oxygens (including phenoxy) is 1. The van der Waals surface area contributed by atoms with Gasteiger partial charge in [0.1, 0.15) is 18.3 Å². The molecule has 2 aromatic rings. The number of nitrogens with zero attached hydrogens (tertiary/aromatic N) is 2. The SMILES string of the molecule is CNC(=O)C(C)N(Cc1ccc(OC)cc1)C(=O)CN(c1ccc(Br)c(C)c1)S(C)(=O)=O. The molecule has 0 aromatic heterocycles. The molecule has 0 aliphatic heterocycles. The Morgan fingerprint density at radius 1 is 1.16 bits per heavy atom. The van der Waals surface area contributed by atoms with Gasteiger partial charge in [-0.15, -0.1) is 0 Å². The number of aryl methyl sites for hydroxylation is 1. The summed E-state index contributed by atoms with van der Waals surface area (Å²) in [6.45, 7) is 3.14. The van der Waals surface area contributed by atoms with Crippen LogP contribution in [0.5, 0.6) is 5.75 Å². The van der Waals surface area contributed by atoms with Gasteiger partial charge < -0.3 is 15.0 Å². The van der Waals surface area contributed by atoms with Crippen molar-refractivity contribution in [2.75, 3.05) is 31.3 Å². The van der Waals surface area contributed by atoms with Crippen LogP contribution in [-0.2, 0) is 26.2 Å². The third kappa shape index (κ3) is 6.46. The maximum atomic E-state index is 13.3. The van der Waals surface area contributed by atoms with Crippen molar-refractivity contribution < 1.29 is 22.7 Å². The number of benzene rings is 2. The van der Waals surface area contributed by atoms with Crippen molar-refractivity contribution in [1.29, 1.82) is 0 Å². The van der Waals surface area contributed by atoms with E-state index in [1.54, 1.807) is 56.5 Å². The lowest BCUT2D eigenvalue weighted by Gasteiger charge is -2.31. The topological polar surface area (TPSA) is 96.0 Å². The molecule has 10 heteroatoms. The minimum Gasteiger partial charge on any atom is -0.497 e. The largest absolute Gasteiger partial charge is 0.497 e. The highest BCUT2D eigenvalue weighted by atomic mass is 79.9. The summed E-state index contributed by atoms with van der Waals surface area (Å²) in [4.78, 5) is 27.0. The first-order valence-electron chi connectivity index (χ1n) is 9.85. The van der Waals surface area contributed by atoms with Crippen LogP contribution in [0.2, 0.25) is 0 Å². The number of halogens is 1. The van der Waals surface area contributed by atoms with Crippen molar-refractivity contribution in [2.45, 2.75) is 26.4 Å². The third-order valence-corrected chi connectivity index (χ3v) is 7.06. The summed E-state index contributed by atoms with van der Waals surface area (Å²) in [7, 11) is -0.710. The van der Waals surface area contributed by atoms with E-state index in [1.165, 1.54) is 11.9 Å². The monoisotopic (exact) mass is 525 g/mol. The van der Waals surface area contributed by atoms with E-state index >= 15 is 0 Å². The zero-order chi connectivity index (χ0) is 24.1. The van der Waals surface area contributed by atoms with Crippen LogP contribution >= 0.6 is 15.9 Å². The van der Waals surface area contributed by atoms with Gasteiger partial charge in [0.25, 0.3) is 0 Å². The number of anilines is 1. The molecule has 2 rings (SSSR count).